The van der Waals surface area contributed by atoms with E-state index in [0.717, 1.165) is 11.3 Å². The van der Waals surface area contributed by atoms with Crippen LogP contribution in [0.1, 0.15) is 36.4 Å². The van der Waals surface area contributed by atoms with Crippen LogP contribution in [0.5, 0.6) is 0 Å². The van der Waals surface area contributed by atoms with Gasteiger partial charge in [0.25, 0.3) is 0 Å². The van der Waals surface area contributed by atoms with Crippen LogP contribution in [0.2, 0.25) is 0 Å². The first-order valence-electron chi connectivity index (χ1n) is 8.07. The molecule has 0 spiro atoms. The van der Waals surface area contributed by atoms with Gasteiger partial charge in [0.2, 0.25) is 11.8 Å². The Kier molecular flexibility index (Phi) is 3.58. The maximum atomic E-state index is 5.81. The third-order valence-corrected chi connectivity index (χ3v) is 4.31. The van der Waals surface area contributed by atoms with E-state index in [4.69, 9.17) is 4.42 Å². The Balaban J connectivity index is 1.51. The van der Waals surface area contributed by atoms with Crippen LogP contribution in [0.25, 0.3) is 11.5 Å². The van der Waals surface area contributed by atoms with Gasteiger partial charge in [-0.25, -0.2) is 0 Å². The molecule has 0 fully saturated rings. The fraction of sp³-hybridized carbons (Fsp3) is 0.263. The zero-order chi connectivity index (χ0) is 15.6. The third-order valence-electron chi connectivity index (χ3n) is 4.31. The first-order chi connectivity index (χ1) is 11.3. The van der Waals surface area contributed by atoms with Crippen molar-refractivity contribution < 1.29 is 4.42 Å². The number of fused-ring (bicyclic) bond motifs is 1. The van der Waals surface area contributed by atoms with Crippen molar-refractivity contribution in [1.82, 2.24) is 10.2 Å². The Labute approximate surface area is 135 Å². The van der Waals surface area contributed by atoms with Gasteiger partial charge < -0.3 is 9.73 Å². The van der Waals surface area contributed by atoms with Gasteiger partial charge >= 0.3 is 0 Å². The molecule has 4 heteroatoms. The first kappa shape index (κ1) is 14.0. The maximum Gasteiger partial charge on any atom is 0.247 e. The highest BCUT2D eigenvalue weighted by molar-refractivity contribution is 5.53. The lowest BCUT2D eigenvalue weighted by Crippen LogP contribution is -2.07. The largest absolute Gasteiger partial charge is 0.418 e. The van der Waals surface area contributed by atoms with Gasteiger partial charge in [-0.15, -0.1) is 10.2 Å². The minimum atomic E-state index is -0.0283. The average molecular weight is 305 g/mol. The van der Waals surface area contributed by atoms with Crippen LogP contribution in [0.15, 0.2) is 52.9 Å². The average Bonchev–Trinajstić information content (AvgIpc) is 3.24. The maximum absolute atomic E-state index is 5.81. The van der Waals surface area contributed by atoms with E-state index in [2.05, 4.69) is 33.7 Å². The topological polar surface area (TPSA) is 51.0 Å². The Bertz CT molecular complexity index is 810. The van der Waals surface area contributed by atoms with Gasteiger partial charge in [-0.05, 0) is 61.6 Å². The van der Waals surface area contributed by atoms with Crippen molar-refractivity contribution in [2.45, 2.75) is 32.2 Å². The van der Waals surface area contributed by atoms with Crippen LogP contribution in [0.3, 0.4) is 0 Å². The lowest BCUT2D eigenvalue weighted by molar-refractivity contribution is 0.485. The van der Waals surface area contributed by atoms with E-state index in [1.165, 1.54) is 30.4 Å². The fourth-order valence-electron chi connectivity index (χ4n) is 3.08. The summed E-state index contributed by atoms with van der Waals surface area (Å²) in [6, 6.07) is 16.4. The third kappa shape index (κ3) is 2.84. The number of benzene rings is 2. The minimum absolute atomic E-state index is 0.0283. The summed E-state index contributed by atoms with van der Waals surface area (Å²) in [5.41, 5.74) is 4.98. The lowest BCUT2D eigenvalue weighted by Gasteiger charge is -2.12. The molecule has 23 heavy (non-hydrogen) atoms. The monoisotopic (exact) mass is 305 g/mol. The van der Waals surface area contributed by atoms with Crippen molar-refractivity contribution in [3.63, 3.8) is 0 Å². The molecule has 1 aliphatic carbocycles. The predicted molar refractivity (Wildman–Crippen MR) is 90.2 cm³/mol. The predicted octanol–water partition coefficient (Wildman–Crippen LogP) is 4.40. The van der Waals surface area contributed by atoms with Gasteiger partial charge in [0, 0.05) is 11.3 Å². The summed E-state index contributed by atoms with van der Waals surface area (Å²) in [7, 11) is 0. The van der Waals surface area contributed by atoms with Gasteiger partial charge in [0.15, 0.2) is 0 Å². The van der Waals surface area contributed by atoms with Crippen LogP contribution in [-0.4, -0.2) is 10.2 Å². The smallest absolute Gasteiger partial charge is 0.247 e. The summed E-state index contributed by atoms with van der Waals surface area (Å²) < 4.78 is 5.81. The number of nitrogens with one attached hydrogen (secondary N) is 1. The molecule has 2 aromatic carbocycles. The molecule has 0 saturated carbocycles. The highest BCUT2D eigenvalue weighted by Crippen LogP contribution is 2.27. The van der Waals surface area contributed by atoms with Crippen molar-refractivity contribution in [3.05, 3.63) is 65.5 Å². The van der Waals surface area contributed by atoms with Crippen LogP contribution >= 0.6 is 0 Å². The molecule has 1 atom stereocenters. The highest BCUT2D eigenvalue weighted by atomic mass is 16.4. The molecule has 0 radical (unpaired) electrons. The number of aryl methyl sites for hydroxylation is 2. The second-order valence-corrected chi connectivity index (χ2v) is 6.01. The van der Waals surface area contributed by atoms with Gasteiger partial charge in [-0.3, -0.25) is 0 Å². The molecule has 0 bridgehead atoms. The highest BCUT2D eigenvalue weighted by Gasteiger charge is 2.16. The van der Waals surface area contributed by atoms with Crippen LogP contribution in [-0.2, 0) is 12.8 Å². The molecule has 1 aliphatic rings. The van der Waals surface area contributed by atoms with E-state index in [1.54, 1.807) is 0 Å². The molecule has 1 heterocycles. The summed E-state index contributed by atoms with van der Waals surface area (Å²) in [6.45, 7) is 2.04. The number of aromatic nitrogens is 2. The molecular weight excluding hydrogens is 286 g/mol. The summed E-state index contributed by atoms with van der Waals surface area (Å²) in [4.78, 5) is 0. The molecule has 4 rings (SSSR count). The molecule has 3 aromatic rings. The van der Waals surface area contributed by atoms with E-state index in [1.807, 2.05) is 37.3 Å². The SMILES string of the molecule is C[C@H](Nc1ccc2c(c1)CCC2)c1nnc(-c2ccccc2)o1. The van der Waals surface area contributed by atoms with Gasteiger partial charge in [-0.1, -0.05) is 24.3 Å². The molecule has 1 aromatic heterocycles. The van der Waals surface area contributed by atoms with Crippen molar-refractivity contribution in [1.29, 1.82) is 0 Å². The Morgan fingerprint density at radius 3 is 2.70 bits per heavy atom. The number of anilines is 1. The fourth-order valence-corrected chi connectivity index (χ4v) is 3.08. The normalized spacial score (nSPS) is 14.5. The summed E-state index contributed by atoms with van der Waals surface area (Å²) in [6.07, 6.45) is 3.64. The number of rotatable bonds is 4. The summed E-state index contributed by atoms with van der Waals surface area (Å²) >= 11 is 0. The first-order valence-corrected chi connectivity index (χ1v) is 8.07. The number of nitrogens with zero attached hydrogens (tertiary/aromatic N) is 2. The zero-order valence-corrected chi connectivity index (χ0v) is 13.1. The Morgan fingerprint density at radius 2 is 1.83 bits per heavy atom. The Morgan fingerprint density at radius 1 is 1.00 bits per heavy atom. The second kappa shape index (κ2) is 5.88. The number of hydrogen-bond acceptors (Lipinski definition) is 4. The minimum Gasteiger partial charge on any atom is -0.418 e. The zero-order valence-electron chi connectivity index (χ0n) is 13.1. The molecule has 1 N–H and O–H groups in total. The van der Waals surface area contributed by atoms with E-state index in [0.29, 0.717) is 11.8 Å². The molecule has 0 amide bonds. The molecule has 0 unspecified atom stereocenters. The van der Waals surface area contributed by atoms with Gasteiger partial charge in [0.05, 0.1) is 0 Å². The summed E-state index contributed by atoms with van der Waals surface area (Å²) in [5.74, 6) is 1.16. The van der Waals surface area contributed by atoms with E-state index in [9.17, 15) is 0 Å². The van der Waals surface area contributed by atoms with E-state index >= 15 is 0 Å². The van der Waals surface area contributed by atoms with E-state index < -0.39 is 0 Å². The number of hydrogen-bond donors (Lipinski definition) is 1. The van der Waals surface area contributed by atoms with Crippen molar-refractivity contribution in [2.75, 3.05) is 5.32 Å². The van der Waals surface area contributed by atoms with Gasteiger partial charge in [0.1, 0.15) is 6.04 Å². The van der Waals surface area contributed by atoms with Crippen molar-refractivity contribution >= 4 is 5.69 Å². The quantitative estimate of drug-likeness (QED) is 0.776. The second-order valence-electron chi connectivity index (χ2n) is 6.01. The van der Waals surface area contributed by atoms with Crippen LogP contribution in [0, 0.1) is 0 Å². The van der Waals surface area contributed by atoms with Crippen molar-refractivity contribution in [3.8, 4) is 11.5 Å². The van der Waals surface area contributed by atoms with Gasteiger partial charge in [-0.2, -0.15) is 0 Å². The van der Waals surface area contributed by atoms with Crippen LogP contribution < -0.4 is 5.32 Å². The summed E-state index contributed by atoms with van der Waals surface area (Å²) in [5, 5.41) is 11.8. The standard InChI is InChI=1S/C19H19N3O/c1-13(20-17-11-10-14-8-5-9-16(14)12-17)18-21-22-19(23-18)15-6-3-2-4-7-15/h2-4,6-7,10-13,20H,5,8-9H2,1H3/t13-/m0/s1. The van der Waals surface area contributed by atoms with E-state index in [-0.39, 0.29) is 6.04 Å². The molecule has 4 nitrogen and oxygen atoms in total. The lowest BCUT2D eigenvalue weighted by atomic mass is 10.1. The Hall–Kier alpha value is -2.62. The van der Waals surface area contributed by atoms with Crippen molar-refractivity contribution in [2.24, 2.45) is 0 Å². The van der Waals surface area contributed by atoms with Crippen LogP contribution in [0.4, 0.5) is 5.69 Å². The molecule has 0 aliphatic heterocycles. The molecule has 0 saturated heterocycles. The molecule has 116 valence electrons. The molecular formula is C19H19N3O.